The van der Waals surface area contributed by atoms with E-state index in [1.807, 2.05) is 31.3 Å². The summed E-state index contributed by atoms with van der Waals surface area (Å²) in [6.07, 6.45) is 2.37. The molecule has 4 heteroatoms. The fourth-order valence-electron chi connectivity index (χ4n) is 2.15. The first-order chi connectivity index (χ1) is 9.34. The van der Waals surface area contributed by atoms with Crippen LogP contribution in [0, 0.1) is 5.41 Å². The summed E-state index contributed by atoms with van der Waals surface area (Å²) in [5.74, 6) is 0.162. The Morgan fingerprint density at radius 3 is 2.65 bits per heavy atom. The normalized spacial score (nSPS) is 11.4. The lowest BCUT2D eigenvalue weighted by Crippen LogP contribution is -2.28. The van der Waals surface area contributed by atoms with Gasteiger partial charge in [0, 0.05) is 25.0 Å². The van der Waals surface area contributed by atoms with Gasteiger partial charge in [0.25, 0.3) is 0 Å². The molecule has 0 unspecified atom stereocenters. The lowest BCUT2D eigenvalue weighted by atomic mass is 9.84. The molecule has 0 bridgehead atoms. The largest absolute Gasteiger partial charge is 0.341 e. The predicted octanol–water partition coefficient (Wildman–Crippen LogP) is 3.45. The number of hydrogen-bond acceptors (Lipinski definition) is 2. The van der Waals surface area contributed by atoms with Crippen molar-refractivity contribution >= 4 is 17.5 Å². The predicted molar refractivity (Wildman–Crippen MR) is 84.6 cm³/mol. The Hall–Kier alpha value is -1.06. The quantitative estimate of drug-likeness (QED) is 0.837. The van der Waals surface area contributed by atoms with E-state index in [0.29, 0.717) is 24.5 Å². The third-order valence-electron chi connectivity index (χ3n) is 3.57. The molecule has 0 heterocycles. The van der Waals surface area contributed by atoms with E-state index in [9.17, 15) is 4.79 Å². The van der Waals surface area contributed by atoms with Crippen LogP contribution in [-0.2, 0) is 11.3 Å². The van der Waals surface area contributed by atoms with Crippen molar-refractivity contribution in [2.75, 3.05) is 13.6 Å². The van der Waals surface area contributed by atoms with Gasteiger partial charge in [-0.2, -0.15) is 0 Å². The van der Waals surface area contributed by atoms with Gasteiger partial charge in [0.1, 0.15) is 0 Å². The SMILES string of the molecule is CN(Cc1cccc(Cl)c1)C(=O)CCC(C)(C)CCN. The molecule has 1 aromatic carbocycles. The summed E-state index contributed by atoms with van der Waals surface area (Å²) in [4.78, 5) is 13.9. The third-order valence-corrected chi connectivity index (χ3v) is 3.81. The van der Waals surface area contributed by atoms with Crippen molar-refractivity contribution in [3.05, 3.63) is 34.9 Å². The second-order valence-electron chi connectivity index (χ2n) is 6.08. The maximum atomic E-state index is 12.1. The molecule has 0 aromatic heterocycles. The first-order valence-electron chi connectivity index (χ1n) is 7.02. The van der Waals surface area contributed by atoms with Crippen molar-refractivity contribution in [3.8, 4) is 0 Å². The van der Waals surface area contributed by atoms with Gasteiger partial charge < -0.3 is 10.6 Å². The van der Waals surface area contributed by atoms with E-state index in [0.717, 1.165) is 18.4 Å². The van der Waals surface area contributed by atoms with Crippen LogP contribution in [0.3, 0.4) is 0 Å². The van der Waals surface area contributed by atoms with Crippen LogP contribution in [0.15, 0.2) is 24.3 Å². The van der Waals surface area contributed by atoms with Crippen LogP contribution in [-0.4, -0.2) is 24.4 Å². The van der Waals surface area contributed by atoms with Gasteiger partial charge >= 0.3 is 0 Å². The topological polar surface area (TPSA) is 46.3 Å². The van der Waals surface area contributed by atoms with Gasteiger partial charge in [-0.3, -0.25) is 4.79 Å². The van der Waals surface area contributed by atoms with Crippen LogP contribution in [0.4, 0.5) is 0 Å². The molecular formula is C16H25ClN2O. The van der Waals surface area contributed by atoms with Crippen LogP contribution in [0.2, 0.25) is 5.02 Å². The molecule has 0 atom stereocenters. The summed E-state index contributed by atoms with van der Waals surface area (Å²) < 4.78 is 0. The molecule has 20 heavy (non-hydrogen) atoms. The summed E-state index contributed by atoms with van der Waals surface area (Å²) in [6.45, 7) is 5.57. The van der Waals surface area contributed by atoms with Crippen LogP contribution in [0.5, 0.6) is 0 Å². The molecule has 112 valence electrons. The Morgan fingerprint density at radius 2 is 2.05 bits per heavy atom. The molecule has 0 fully saturated rings. The highest BCUT2D eigenvalue weighted by Gasteiger charge is 2.19. The minimum Gasteiger partial charge on any atom is -0.341 e. The van der Waals surface area contributed by atoms with Crippen molar-refractivity contribution < 1.29 is 4.79 Å². The first-order valence-corrected chi connectivity index (χ1v) is 7.40. The summed E-state index contributed by atoms with van der Waals surface area (Å²) in [5.41, 5.74) is 6.77. The monoisotopic (exact) mass is 296 g/mol. The zero-order chi connectivity index (χ0) is 15.2. The standard InChI is InChI=1S/C16H25ClN2O/c1-16(2,9-10-18)8-7-15(20)19(3)12-13-5-4-6-14(17)11-13/h4-6,11H,7-10,12,18H2,1-3H3. The molecule has 0 spiro atoms. The Balaban J connectivity index is 2.47. The molecule has 0 aliphatic heterocycles. The van der Waals surface area contributed by atoms with E-state index in [2.05, 4.69) is 13.8 Å². The van der Waals surface area contributed by atoms with Gasteiger partial charge in [-0.15, -0.1) is 0 Å². The number of hydrogen-bond donors (Lipinski definition) is 1. The molecule has 0 aliphatic rings. The number of rotatable bonds is 7. The van der Waals surface area contributed by atoms with Crippen molar-refractivity contribution in [1.29, 1.82) is 0 Å². The fourth-order valence-corrected chi connectivity index (χ4v) is 2.36. The average Bonchev–Trinajstić information content (AvgIpc) is 2.36. The molecule has 0 aliphatic carbocycles. The lowest BCUT2D eigenvalue weighted by molar-refractivity contribution is -0.131. The number of carbonyl (C=O) groups excluding carboxylic acids is 1. The summed E-state index contributed by atoms with van der Waals surface area (Å²) in [6, 6.07) is 7.61. The molecule has 1 rings (SSSR count). The van der Waals surface area contributed by atoms with E-state index in [4.69, 9.17) is 17.3 Å². The maximum Gasteiger partial charge on any atom is 0.222 e. The Morgan fingerprint density at radius 1 is 1.35 bits per heavy atom. The maximum absolute atomic E-state index is 12.1. The summed E-state index contributed by atoms with van der Waals surface area (Å²) in [5, 5.41) is 0.701. The molecule has 0 saturated heterocycles. The third kappa shape index (κ3) is 5.93. The lowest BCUT2D eigenvalue weighted by Gasteiger charge is -2.25. The van der Waals surface area contributed by atoms with Crippen LogP contribution >= 0.6 is 11.6 Å². The van der Waals surface area contributed by atoms with E-state index in [-0.39, 0.29) is 11.3 Å². The van der Waals surface area contributed by atoms with Crippen molar-refractivity contribution in [1.82, 2.24) is 4.90 Å². The van der Waals surface area contributed by atoms with Crippen molar-refractivity contribution in [2.24, 2.45) is 11.1 Å². The minimum atomic E-state index is 0.126. The van der Waals surface area contributed by atoms with Crippen molar-refractivity contribution in [2.45, 2.75) is 39.7 Å². The highest BCUT2D eigenvalue weighted by molar-refractivity contribution is 6.30. The number of carbonyl (C=O) groups is 1. The molecule has 1 amide bonds. The van der Waals surface area contributed by atoms with Gasteiger partial charge in [-0.05, 0) is 42.5 Å². The van der Waals surface area contributed by atoms with Crippen LogP contribution in [0.1, 0.15) is 38.7 Å². The van der Waals surface area contributed by atoms with E-state index < -0.39 is 0 Å². The van der Waals surface area contributed by atoms with E-state index in [1.54, 1.807) is 4.90 Å². The molecule has 0 radical (unpaired) electrons. The molecule has 1 aromatic rings. The smallest absolute Gasteiger partial charge is 0.222 e. The molecule has 2 N–H and O–H groups in total. The Bertz CT molecular complexity index is 446. The van der Waals surface area contributed by atoms with Crippen LogP contribution in [0.25, 0.3) is 0 Å². The number of nitrogens with two attached hydrogens (primary N) is 1. The number of benzene rings is 1. The summed E-state index contributed by atoms with van der Waals surface area (Å²) in [7, 11) is 1.83. The number of amides is 1. The molecule has 0 saturated carbocycles. The summed E-state index contributed by atoms with van der Waals surface area (Å²) >= 11 is 5.95. The minimum absolute atomic E-state index is 0.126. The van der Waals surface area contributed by atoms with E-state index in [1.165, 1.54) is 0 Å². The zero-order valence-corrected chi connectivity index (χ0v) is 13.4. The molecule has 3 nitrogen and oxygen atoms in total. The van der Waals surface area contributed by atoms with Gasteiger partial charge in [0.05, 0.1) is 0 Å². The number of nitrogens with zero attached hydrogens (tertiary/aromatic N) is 1. The highest BCUT2D eigenvalue weighted by Crippen LogP contribution is 2.26. The van der Waals surface area contributed by atoms with Gasteiger partial charge in [-0.1, -0.05) is 37.6 Å². The molecular weight excluding hydrogens is 272 g/mol. The Labute approximate surface area is 127 Å². The fraction of sp³-hybridized carbons (Fsp3) is 0.562. The second-order valence-corrected chi connectivity index (χ2v) is 6.52. The first kappa shape index (κ1) is 17.0. The van der Waals surface area contributed by atoms with Crippen LogP contribution < -0.4 is 5.73 Å². The average molecular weight is 297 g/mol. The van der Waals surface area contributed by atoms with Gasteiger partial charge in [0.2, 0.25) is 5.91 Å². The number of halogens is 1. The van der Waals surface area contributed by atoms with E-state index >= 15 is 0 Å². The van der Waals surface area contributed by atoms with Crippen molar-refractivity contribution in [3.63, 3.8) is 0 Å². The zero-order valence-electron chi connectivity index (χ0n) is 12.7. The van der Waals surface area contributed by atoms with Gasteiger partial charge in [-0.25, -0.2) is 0 Å². The second kappa shape index (κ2) is 7.65. The Kier molecular flexibility index (Phi) is 6.50. The highest BCUT2D eigenvalue weighted by atomic mass is 35.5. The van der Waals surface area contributed by atoms with Gasteiger partial charge in [0.15, 0.2) is 0 Å².